The molecule has 2 heterocycles. The third-order valence-corrected chi connectivity index (χ3v) is 3.42. The Bertz CT molecular complexity index is 823. The molecule has 0 spiro atoms. The van der Waals surface area contributed by atoms with Crippen LogP contribution >= 0.6 is 0 Å². The van der Waals surface area contributed by atoms with E-state index in [-0.39, 0.29) is 18.7 Å². The molecule has 0 saturated heterocycles. The van der Waals surface area contributed by atoms with Gasteiger partial charge in [0.2, 0.25) is 0 Å². The molecule has 0 fully saturated rings. The summed E-state index contributed by atoms with van der Waals surface area (Å²) in [4.78, 5) is 0. The second kappa shape index (κ2) is 6.38. The van der Waals surface area contributed by atoms with Gasteiger partial charge in [0.05, 0.1) is 30.2 Å². The van der Waals surface area contributed by atoms with Gasteiger partial charge in [-0.2, -0.15) is 23.4 Å². The molecule has 0 aliphatic rings. The lowest BCUT2D eigenvalue weighted by Crippen LogP contribution is -2.11. The van der Waals surface area contributed by atoms with Gasteiger partial charge in [-0.15, -0.1) is 0 Å². The summed E-state index contributed by atoms with van der Waals surface area (Å²) in [5.41, 5.74) is 0.258. The van der Waals surface area contributed by atoms with Gasteiger partial charge < -0.3 is 4.74 Å². The lowest BCUT2D eigenvalue weighted by Gasteiger charge is -2.12. The van der Waals surface area contributed by atoms with E-state index in [9.17, 15) is 13.2 Å². The molecule has 0 aliphatic heterocycles. The largest absolute Gasteiger partial charge is 0.484 e. The molecular weight excluding hydrogens is 321 g/mol. The van der Waals surface area contributed by atoms with Gasteiger partial charge in [0.1, 0.15) is 6.61 Å². The maximum absolute atomic E-state index is 13.0. The summed E-state index contributed by atoms with van der Waals surface area (Å²) in [7, 11) is 1.81. The van der Waals surface area contributed by atoms with Gasteiger partial charge in [-0.3, -0.25) is 9.36 Å². The van der Waals surface area contributed by atoms with Crippen LogP contribution in [0.15, 0.2) is 48.9 Å². The smallest absolute Gasteiger partial charge is 0.416 e. The third kappa shape index (κ3) is 3.76. The van der Waals surface area contributed by atoms with Crippen molar-refractivity contribution in [1.82, 2.24) is 19.6 Å². The molecule has 24 heavy (non-hydrogen) atoms. The van der Waals surface area contributed by atoms with Crippen LogP contribution in [0.5, 0.6) is 5.75 Å². The number of nitrogens with zero attached hydrogens (tertiary/aromatic N) is 4. The maximum Gasteiger partial charge on any atom is 0.416 e. The average molecular weight is 336 g/mol. The first-order valence-corrected chi connectivity index (χ1v) is 7.21. The van der Waals surface area contributed by atoms with Crippen molar-refractivity contribution in [3.63, 3.8) is 0 Å². The minimum absolute atomic E-state index is 0.0165. The fourth-order valence-corrected chi connectivity index (χ4v) is 2.31. The minimum atomic E-state index is -4.39. The van der Waals surface area contributed by atoms with Crippen LogP contribution in [0.2, 0.25) is 0 Å². The third-order valence-electron chi connectivity index (χ3n) is 3.42. The van der Waals surface area contributed by atoms with Crippen molar-refractivity contribution in [2.45, 2.75) is 19.3 Å². The van der Waals surface area contributed by atoms with E-state index in [1.54, 1.807) is 30.2 Å². The predicted molar refractivity (Wildman–Crippen MR) is 80.3 cm³/mol. The summed E-state index contributed by atoms with van der Waals surface area (Å²) in [6.07, 6.45) is 0.452. The first kappa shape index (κ1) is 16.1. The number of rotatable bonds is 5. The molecule has 1 aromatic carbocycles. The predicted octanol–water partition coefficient (Wildman–Crippen LogP) is 3.26. The Morgan fingerprint density at radius 3 is 2.67 bits per heavy atom. The van der Waals surface area contributed by atoms with Crippen LogP contribution in [-0.4, -0.2) is 19.6 Å². The number of ether oxygens (including phenoxy) is 1. The van der Waals surface area contributed by atoms with E-state index in [2.05, 4.69) is 10.2 Å². The molecule has 3 rings (SSSR count). The van der Waals surface area contributed by atoms with Gasteiger partial charge in [0.25, 0.3) is 0 Å². The molecule has 0 saturated carbocycles. The van der Waals surface area contributed by atoms with Crippen molar-refractivity contribution in [3.05, 3.63) is 65.7 Å². The normalized spacial score (nSPS) is 11.7. The Hall–Kier alpha value is -2.77. The van der Waals surface area contributed by atoms with Crippen LogP contribution < -0.4 is 4.74 Å². The number of hydrogen-bond acceptors (Lipinski definition) is 3. The number of hydrogen-bond donors (Lipinski definition) is 0. The Kier molecular flexibility index (Phi) is 4.28. The van der Waals surface area contributed by atoms with Gasteiger partial charge in [0.15, 0.2) is 5.75 Å². The lowest BCUT2D eigenvalue weighted by molar-refractivity contribution is -0.138. The molecule has 0 bridgehead atoms. The summed E-state index contributed by atoms with van der Waals surface area (Å²) in [6.45, 7) is 0.286. The van der Waals surface area contributed by atoms with Crippen LogP contribution in [-0.2, 0) is 26.4 Å². The summed E-state index contributed by atoms with van der Waals surface area (Å²) >= 11 is 0. The van der Waals surface area contributed by atoms with Gasteiger partial charge in [-0.1, -0.05) is 18.2 Å². The topological polar surface area (TPSA) is 44.9 Å². The molecule has 0 aliphatic carbocycles. The summed E-state index contributed by atoms with van der Waals surface area (Å²) in [5.74, 6) is 0.477. The molecule has 8 heteroatoms. The van der Waals surface area contributed by atoms with Crippen LogP contribution in [0.1, 0.15) is 16.8 Å². The summed E-state index contributed by atoms with van der Waals surface area (Å²) < 4.78 is 47.6. The fourth-order valence-electron chi connectivity index (χ4n) is 2.31. The van der Waals surface area contributed by atoms with Crippen molar-refractivity contribution in [1.29, 1.82) is 0 Å². The molecule has 0 atom stereocenters. The number of halogens is 3. The van der Waals surface area contributed by atoms with Crippen molar-refractivity contribution >= 4 is 0 Å². The van der Waals surface area contributed by atoms with Crippen LogP contribution in [0.25, 0.3) is 0 Å². The average Bonchev–Trinajstić information content (AvgIpc) is 3.14. The molecule has 0 N–H and O–H groups in total. The molecule has 3 aromatic rings. The highest BCUT2D eigenvalue weighted by molar-refractivity contribution is 5.30. The van der Waals surface area contributed by atoms with E-state index in [1.165, 1.54) is 23.0 Å². The number of alkyl halides is 3. The Labute approximate surface area is 136 Å². The van der Waals surface area contributed by atoms with E-state index in [0.717, 1.165) is 11.8 Å². The zero-order valence-electron chi connectivity index (χ0n) is 12.9. The van der Waals surface area contributed by atoms with Crippen LogP contribution in [0.3, 0.4) is 0 Å². The first-order valence-electron chi connectivity index (χ1n) is 7.21. The second-order valence-electron chi connectivity index (χ2n) is 5.30. The van der Waals surface area contributed by atoms with Crippen molar-refractivity contribution in [3.8, 4) is 5.75 Å². The Balaban J connectivity index is 1.68. The zero-order valence-corrected chi connectivity index (χ0v) is 12.9. The molecule has 2 aromatic heterocycles. The van der Waals surface area contributed by atoms with Gasteiger partial charge in [0, 0.05) is 13.2 Å². The Morgan fingerprint density at radius 2 is 1.96 bits per heavy atom. The molecule has 5 nitrogen and oxygen atoms in total. The molecule has 0 amide bonds. The fraction of sp³-hybridized carbons (Fsp3) is 0.250. The first-order chi connectivity index (χ1) is 11.4. The standard InChI is InChI=1S/C16H15F3N4O/c1-22-7-6-13(21-22)11-24-14-8-20-23(10-14)9-12-4-2-3-5-15(12)16(17,18)19/h2-8,10H,9,11H2,1H3. The van der Waals surface area contributed by atoms with Crippen molar-refractivity contribution < 1.29 is 17.9 Å². The van der Waals surface area contributed by atoms with E-state index >= 15 is 0 Å². The summed E-state index contributed by atoms with van der Waals surface area (Å²) in [6, 6.07) is 7.28. The maximum atomic E-state index is 13.0. The quantitative estimate of drug-likeness (QED) is 0.718. The van der Waals surface area contributed by atoms with Crippen LogP contribution in [0, 0.1) is 0 Å². The SMILES string of the molecule is Cn1ccc(COc2cnn(Cc3ccccc3C(F)(F)F)c2)n1. The van der Waals surface area contributed by atoms with E-state index in [4.69, 9.17) is 4.74 Å². The van der Waals surface area contributed by atoms with Gasteiger partial charge in [-0.25, -0.2) is 0 Å². The van der Waals surface area contributed by atoms with Crippen LogP contribution in [0.4, 0.5) is 13.2 Å². The zero-order chi connectivity index (χ0) is 17.2. The number of aromatic nitrogens is 4. The highest BCUT2D eigenvalue weighted by atomic mass is 19.4. The van der Waals surface area contributed by atoms with Crippen molar-refractivity contribution in [2.75, 3.05) is 0 Å². The highest BCUT2D eigenvalue weighted by Gasteiger charge is 2.32. The molecular formula is C16H15F3N4O. The number of benzene rings is 1. The van der Waals surface area contributed by atoms with Gasteiger partial charge >= 0.3 is 6.18 Å². The van der Waals surface area contributed by atoms with Gasteiger partial charge in [-0.05, 0) is 17.7 Å². The van der Waals surface area contributed by atoms with Crippen molar-refractivity contribution in [2.24, 2.45) is 7.05 Å². The molecule has 126 valence electrons. The highest BCUT2D eigenvalue weighted by Crippen LogP contribution is 2.32. The summed E-state index contributed by atoms with van der Waals surface area (Å²) in [5, 5.41) is 8.23. The lowest BCUT2D eigenvalue weighted by atomic mass is 10.1. The van der Waals surface area contributed by atoms with E-state index in [0.29, 0.717) is 5.75 Å². The second-order valence-corrected chi connectivity index (χ2v) is 5.30. The minimum Gasteiger partial charge on any atom is -0.484 e. The van der Waals surface area contributed by atoms with E-state index in [1.807, 2.05) is 6.07 Å². The molecule has 0 radical (unpaired) electrons. The Morgan fingerprint density at radius 1 is 1.17 bits per heavy atom. The molecule has 0 unspecified atom stereocenters. The van der Waals surface area contributed by atoms with E-state index < -0.39 is 11.7 Å². The monoisotopic (exact) mass is 336 g/mol. The number of aryl methyl sites for hydroxylation is 1.